The number of hydrogen-bond donors (Lipinski definition) is 2. The lowest BCUT2D eigenvalue weighted by atomic mass is 10.1. The normalized spacial score (nSPS) is 11.4. The van der Waals surface area contributed by atoms with Crippen molar-refractivity contribution in [2.24, 2.45) is 0 Å². The van der Waals surface area contributed by atoms with Gasteiger partial charge in [0.05, 0.1) is 23.3 Å². The number of hydrogen-bond acceptors (Lipinski definition) is 4. The standard InChI is InChI=1S/C17H13F3N4O3/c1-2-10-7-8-21-15-14(10)13(9-22-16(25)26)23-24(15)11-3-5-12(6-4-11)27-17(18,19)20/h2-8,22H,1,9H2,(H,25,26). The molecule has 3 rings (SSSR count). The first kappa shape index (κ1) is 18.2. The molecule has 7 nitrogen and oxygen atoms in total. The quantitative estimate of drug-likeness (QED) is 0.706. The molecule has 0 spiro atoms. The zero-order valence-corrected chi connectivity index (χ0v) is 13.7. The van der Waals surface area contributed by atoms with Crippen LogP contribution in [0.4, 0.5) is 18.0 Å². The number of aromatic nitrogens is 3. The van der Waals surface area contributed by atoms with Gasteiger partial charge in [-0.05, 0) is 35.9 Å². The number of alkyl halides is 3. The number of carbonyl (C=O) groups is 1. The van der Waals surface area contributed by atoms with Crippen molar-refractivity contribution < 1.29 is 27.8 Å². The summed E-state index contributed by atoms with van der Waals surface area (Å²) in [6.45, 7) is 3.65. The number of carboxylic acid groups (broad SMARTS) is 1. The van der Waals surface area contributed by atoms with Gasteiger partial charge in [-0.1, -0.05) is 12.7 Å². The fourth-order valence-corrected chi connectivity index (χ4v) is 2.56. The van der Waals surface area contributed by atoms with E-state index in [-0.39, 0.29) is 12.3 Å². The van der Waals surface area contributed by atoms with Gasteiger partial charge in [0.15, 0.2) is 5.65 Å². The molecule has 0 saturated carbocycles. The second-order valence-corrected chi connectivity index (χ2v) is 5.36. The number of nitrogens with one attached hydrogen (secondary N) is 1. The number of ether oxygens (including phenoxy) is 1. The van der Waals surface area contributed by atoms with Crippen LogP contribution < -0.4 is 10.1 Å². The average Bonchev–Trinajstić information content (AvgIpc) is 2.98. The van der Waals surface area contributed by atoms with Crippen LogP contribution in [0.2, 0.25) is 0 Å². The van der Waals surface area contributed by atoms with Crippen LogP contribution in [0.1, 0.15) is 11.3 Å². The lowest BCUT2D eigenvalue weighted by Gasteiger charge is -2.09. The number of rotatable bonds is 5. The maximum atomic E-state index is 12.3. The molecule has 140 valence electrons. The van der Waals surface area contributed by atoms with E-state index >= 15 is 0 Å². The highest BCUT2D eigenvalue weighted by molar-refractivity contribution is 5.89. The number of benzene rings is 1. The van der Waals surface area contributed by atoms with Crippen molar-refractivity contribution in [3.63, 3.8) is 0 Å². The minimum atomic E-state index is -4.78. The predicted octanol–water partition coefficient (Wildman–Crippen LogP) is 3.73. The number of halogens is 3. The summed E-state index contributed by atoms with van der Waals surface area (Å²) in [5.41, 5.74) is 1.96. The number of nitrogens with zero attached hydrogens (tertiary/aromatic N) is 3. The summed E-state index contributed by atoms with van der Waals surface area (Å²) in [4.78, 5) is 15.1. The van der Waals surface area contributed by atoms with Gasteiger partial charge in [-0.2, -0.15) is 5.10 Å². The highest BCUT2D eigenvalue weighted by Crippen LogP contribution is 2.27. The van der Waals surface area contributed by atoms with Crippen molar-refractivity contribution >= 4 is 23.2 Å². The molecule has 0 aliphatic heterocycles. The first-order valence-corrected chi connectivity index (χ1v) is 7.60. The Morgan fingerprint density at radius 2 is 2.00 bits per heavy atom. The summed E-state index contributed by atoms with van der Waals surface area (Å²) in [7, 11) is 0. The third kappa shape index (κ3) is 4.00. The predicted molar refractivity (Wildman–Crippen MR) is 90.5 cm³/mol. The molecule has 0 fully saturated rings. The molecule has 2 aromatic heterocycles. The Morgan fingerprint density at radius 3 is 2.59 bits per heavy atom. The van der Waals surface area contributed by atoms with Crippen LogP contribution in [-0.4, -0.2) is 32.3 Å². The van der Waals surface area contributed by atoms with E-state index in [1.807, 2.05) is 0 Å². The lowest BCUT2D eigenvalue weighted by Crippen LogP contribution is -2.20. The van der Waals surface area contributed by atoms with Gasteiger partial charge in [0.25, 0.3) is 0 Å². The molecule has 0 aliphatic rings. The fourth-order valence-electron chi connectivity index (χ4n) is 2.56. The first-order chi connectivity index (χ1) is 12.8. The van der Waals surface area contributed by atoms with Crippen molar-refractivity contribution in [3.8, 4) is 11.4 Å². The summed E-state index contributed by atoms with van der Waals surface area (Å²) in [5, 5.41) is 16.0. The minimum absolute atomic E-state index is 0.0688. The Hall–Kier alpha value is -3.56. The van der Waals surface area contributed by atoms with Crippen LogP contribution in [0.25, 0.3) is 22.8 Å². The Bertz CT molecular complexity index is 997. The maximum Gasteiger partial charge on any atom is 0.573 e. The zero-order chi connectivity index (χ0) is 19.6. The van der Waals surface area contributed by atoms with Gasteiger partial charge in [0.2, 0.25) is 0 Å². The van der Waals surface area contributed by atoms with Crippen LogP contribution in [0.3, 0.4) is 0 Å². The van der Waals surface area contributed by atoms with E-state index in [0.717, 1.165) is 12.1 Å². The topological polar surface area (TPSA) is 89.3 Å². The number of fused-ring (bicyclic) bond motifs is 1. The van der Waals surface area contributed by atoms with Gasteiger partial charge in [-0.3, -0.25) is 0 Å². The summed E-state index contributed by atoms with van der Waals surface area (Å²) in [5.74, 6) is -0.366. The molecular weight excluding hydrogens is 365 g/mol. The molecule has 1 amide bonds. The van der Waals surface area contributed by atoms with E-state index in [4.69, 9.17) is 5.11 Å². The third-order valence-corrected chi connectivity index (χ3v) is 3.61. The van der Waals surface area contributed by atoms with Crippen LogP contribution >= 0.6 is 0 Å². The Balaban J connectivity index is 2.06. The van der Waals surface area contributed by atoms with E-state index in [9.17, 15) is 18.0 Å². The largest absolute Gasteiger partial charge is 0.573 e. The summed E-state index contributed by atoms with van der Waals surface area (Å²) < 4.78 is 42.2. The van der Waals surface area contributed by atoms with Gasteiger partial charge in [-0.15, -0.1) is 13.2 Å². The van der Waals surface area contributed by atoms with Gasteiger partial charge >= 0.3 is 12.5 Å². The molecule has 27 heavy (non-hydrogen) atoms. The zero-order valence-electron chi connectivity index (χ0n) is 13.7. The molecule has 0 saturated heterocycles. The Morgan fingerprint density at radius 1 is 1.30 bits per heavy atom. The minimum Gasteiger partial charge on any atom is -0.465 e. The van der Waals surface area contributed by atoms with Crippen LogP contribution in [0.5, 0.6) is 5.75 Å². The second-order valence-electron chi connectivity index (χ2n) is 5.36. The third-order valence-electron chi connectivity index (χ3n) is 3.61. The lowest BCUT2D eigenvalue weighted by molar-refractivity contribution is -0.274. The van der Waals surface area contributed by atoms with Crippen molar-refractivity contribution in [1.29, 1.82) is 0 Å². The smallest absolute Gasteiger partial charge is 0.465 e. The van der Waals surface area contributed by atoms with Crippen molar-refractivity contribution in [2.45, 2.75) is 12.9 Å². The molecule has 0 atom stereocenters. The van der Waals surface area contributed by atoms with E-state index in [2.05, 4.69) is 26.7 Å². The average molecular weight is 378 g/mol. The van der Waals surface area contributed by atoms with Crippen molar-refractivity contribution in [2.75, 3.05) is 0 Å². The highest BCUT2D eigenvalue weighted by Gasteiger charge is 2.31. The number of pyridine rings is 1. The van der Waals surface area contributed by atoms with Gasteiger partial charge in [-0.25, -0.2) is 14.5 Å². The van der Waals surface area contributed by atoms with Gasteiger partial charge in [0.1, 0.15) is 5.75 Å². The molecule has 10 heteroatoms. The molecule has 2 heterocycles. The van der Waals surface area contributed by atoms with E-state index in [1.165, 1.54) is 23.0 Å². The second kappa shape index (κ2) is 6.98. The summed E-state index contributed by atoms with van der Waals surface area (Å²) in [6.07, 6.45) is -2.88. The van der Waals surface area contributed by atoms with E-state index < -0.39 is 12.5 Å². The fraction of sp³-hybridized carbons (Fsp3) is 0.118. The van der Waals surface area contributed by atoms with Gasteiger partial charge in [0, 0.05) is 6.20 Å². The van der Waals surface area contributed by atoms with Crippen LogP contribution in [0, 0.1) is 0 Å². The summed E-state index contributed by atoms with van der Waals surface area (Å²) in [6, 6.07) is 6.80. The van der Waals surface area contributed by atoms with E-state index in [0.29, 0.717) is 28.0 Å². The molecule has 0 unspecified atom stereocenters. The Kier molecular flexibility index (Phi) is 4.72. The molecule has 2 N–H and O–H groups in total. The summed E-state index contributed by atoms with van der Waals surface area (Å²) >= 11 is 0. The van der Waals surface area contributed by atoms with Gasteiger partial charge < -0.3 is 15.2 Å². The molecule has 0 radical (unpaired) electrons. The highest BCUT2D eigenvalue weighted by atomic mass is 19.4. The molecule has 0 bridgehead atoms. The molecule has 3 aromatic rings. The molecular formula is C17H13F3N4O3. The van der Waals surface area contributed by atoms with E-state index in [1.54, 1.807) is 12.1 Å². The van der Waals surface area contributed by atoms with Crippen LogP contribution in [-0.2, 0) is 6.54 Å². The molecule has 0 aliphatic carbocycles. The Labute approximate surface area is 150 Å². The number of amides is 1. The first-order valence-electron chi connectivity index (χ1n) is 7.60. The van der Waals surface area contributed by atoms with Crippen LogP contribution in [0.15, 0.2) is 43.1 Å². The monoisotopic (exact) mass is 378 g/mol. The van der Waals surface area contributed by atoms with Crippen molar-refractivity contribution in [3.05, 3.63) is 54.4 Å². The maximum absolute atomic E-state index is 12.3. The van der Waals surface area contributed by atoms with Crippen molar-refractivity contribution in [1.82, 2.24) is 20.1 Å². The SMILES string of the molecule is C=Cc1ccnc2c1c(CNC(=O)O)nn2-c1ccc(OC(F)(F)F)cc1. The molecule has 1 aromatic carbocycles.